The van der Waals surface area contributed by atoms with Crippen molar-refractivity contribution >= 4 is 23.1 Å². The van der Waals surface area contributed by atoms with Crippen LogP contribution >= 0.6 is 23.1 Å². The summed E-state index contributed by atoms with van der Waals surface area (Å²) in [7, 11) is 0. The van der Waals surface area contributed by atoms with Crippen LogP contribution in [0.25, 0.3) is 0 Å². The third-order valence-electron chi connectivity index (χ3n) is 2.73. The van der Waals surface area contributed by atoms with Crippen molar-refractivity contribution in [3.05, 3.63) is 22.4 Å². The average Bonchev–Trinajstić information content (AvgIpc) is 2.78. The molecule has 14 heavy (non-hydrogen) atoms. The topological polar surface area (TPSA) is 12.0 Å². The fourth-order valence-electron chi connectivity index (χ4n) is 1.84. The molecule has 0 bridgehead atoms. The van der Waals surface area contributed by atoms with E-state index in [2.05, 4.69) is 41.5 Å². The van der Waals surface area contributed by atoms with Crippen molar-refractivity contribution in [3.63, 3.8) is 0 Å². The van der Waals surface area contributed by atoms with E-state index in [0.717, 1.165) is 17.8 Å². The van der Waals surface area contributed by atoms with Crippen molar-refractivity contribution in [1.82, 2.24) is 5.32 Å². The summed E-state index contributed by atoms with van der Waals surface area (Å²) in [6, 6.07) is 5.10. The molecule has 1 aliphatic heterocycles. The molecule has 1 saturated heterocycles. The van der Waals surface area contributed by atoms with E-state index >= 15 is 0 Å². The molecule has 1 fully saturated rings. The molecular formula is C11H17NS2. The van der Waals surface area contributed by atoms with Crippen LogP contribution in [-0.4, -0.2) is 23.6 Å². The van der Waals surface area contributed by atoms with Gasteiger partial charge in [0.25, 0.3) is 0 Å². The average molecular weight is 227 g/mol. The molecule has 78 valence electrons. The Morgan fingerprint density at radius 1 is 1.57 bits per heavy atom. The number of hydrogen-bond acceptors (Lipinski definition) is 3. The maximum absolute atomic E-state index is 3.66. The smallest absolute Gasteiger partial charge is 0.0191 e. The van der Waals surface area contributed by atoms with Crippen molar-refractivity contribution in [3.8, 4) is 0 Å². The van der Waals surface area contributed by atoms with E-state index in [1.807, 2.05) is 11.3 Å². The molecule has 2 unspecified atom stereocenters. The van der Waals surface area contributed by atoms with Crippen LogP contribution in [0.4, 0.5) is 0 Å². The fourth-order valence-corrected chi connectivity index (χ4v) is 3.77. The molecule has 1 aliphatic rings. The van der Waals surface area contributed by atoms with Gasteiger partial charge in [0.1, 0.15) is 0 Å². The lowest BCUT2D eigenvalue weighted by Crippen LogP contribution is -2.34. The molecule has 0 aliphatic carbocycles. The van der Waals surface area contributed by atoms with Crippen LogP contribution < -0.4 is 5.32 Å². The van der Waals surface area contributed by atoms with E-state index in [9.17, 15) is 0 Å². The Labute approximate surface area is 94.3 Å². The van der Waals surface area contributed by atoms with Gasteiger partial charge in [0.15, 0.2) is 0 Å². The first-order valence-electron chi connectivity index (χ1n) is 5.23. The lowest BCUT2D eigenvalue weighted by Gasteiger charge is -2.15. The van der Waals surface area contributed by atoms with Crippen LogP contribution in [0.15, 0.2) is 17.5 Å². The molecule has 1 N–H and O–H groups in total. The summed E-state index contributed by atoms with van der Waals surface area (Å²) in [5.41, 5.74) is 0. The van der Waals surface area contributed by atoms with E-state index in [4.69, 9.17) is 0 Å². The van der Waals surface area contributed by atoms with E-state index in [0.29, 0.717) is 0 Å². The van der Waals surface area contributed by atoms with Crippen LogP contribution in [0.3, 0.4) is 0 Å². The van der Waals surface area contributed by atoms with Gasteiger partial charge in [-0.05, 0) is 30.0 Å². The Morgan fingerprint density at radius 3 is 3.14 bits per heavy atom. The molecule has 1 aromatic heterocycles. The van der Waals surface area contributed by atoms with Crippen molar-refractivity contribution in [2.24, 2.45) is 0 Å². The molecule has 0 radical (unpaired) electrons. The zero-order valence-electron chi connectivity index (χ0n) is 8.53. The van der Waals surface area contributed by atoms with Crippen LogP contribution in [0.5, 0.6) is 0 Å². The van der Waals surface area contributed by atoms with Gasteiger partial charge in [-0.25, -0.2) is 0 Å². The second kappa shape index (κ2) is 5.19. The van der Waals surface area contributed by atoms with Gasteiger partial charge in [0.05, 0.1) is 0 Å². The standard InChI is InChI=1S/C11H17NS2/c1-9-11(5-8-13-9)12-6-4-10-3-2-7-14-10/h2-3,7,9,11-12H,4-6,8H2,1H3. The number of thiophene rings is 1. The van der Waals surface area contributed by atoms with Gasteiger partial charge >= 0.3 is 0 Å². The molecule has 0 aromatic carbocycles. The van der Waals surface area contributed by atoms with Gasteiger partial charge in [-0.3, -0.25) is 0 Å². The minimum atomic E-state index is 0.750. The Morgan fingerprint density at radius 2 is 2.50 bits per heavy atom. The Hall–Kier alpha value is 0.01000. The quantitative estimate of drug-likeness (QED) is 0.849. The highest BCUT2D eigenvalue weighted by molar-refractivity contribution is 8.00. The van der Waals surface area contributed by atoms with Crippen LogP contribution in [0.2, 0.25) is 0 Å². The number of hydrogen-bond donors (Lipinski definition) is 1. The number of nitrogens with one attached hydrogen (secondary N) is 1. The molecule has 1 nitrogen and oxygen atoms in total. The summed E-state index contributed by atoms with van der Waals surface area (Å²) in [5.74, 6) is 1.33. The molecule has 0 spiro atoms. The van der Waals surface area contributed by atoms with Crippen molar-refractivity contribution in [1.29, 1.82) is 0 Å². The van der Waals surface area contributed by atoms with Gasteiger partial charge in [-0.1, -0.05) is 13.0 Å². The van der Waals surface area contributed by atoms with Crippen LogP contribution in [-0.2, 0) is 6.42 Å². The molecular weight excluding hydrogens is 210 g/mol. The Kier molecular flexibility index (Phi) is 3.90. The summed E-state index contributed by atoms with van der Waals surface area (Å²) in [4.78, 5) is 1.50. The first-order valence-corrected chi connectivity index (χ1v) is 7.16. The summed E-state index contributed by atoms with van der Waals surface area (Å²) in [6.45, 7) is 3.47. The molecule has 2 rings (SSSR count). The van der Waals surface area contributed by atoms with Gasteiger partial charge < -0.3 is 5.32 Å². The molecule has 0 amide bonds. The normalized spacial score (nSPS) is 26.9. The fraction of sp³-hybridized carbons (Fsp3) is 0.636. The summed E-state index contributed by atoms with van der Waals surface area (Å²) >= 11 is 3.95. The predicted octanol–water partition coefficient (Wildman–Crippen LogP) is 2.77. The predicted molar refractivity (Wildman–Crippen MR) is 66.4 cm³/mol. The highest BCUT2D eigenvalue weighted by Crippen LogP contribution is 2.25. The van der Waals surface area contributed by atoms with Crippen LogP contribution in [0.1, 0.15) is 18.2 Å². The second-order valence-corrected chi connectivity index (χ2v) is 6.27. The van der Waals surface area contributed by atoms with Gasteiger partial charge in [-0.2, -0.15) is 11.8 Å². The zero-order chi connectivity index (χ0) is 9.80. The third kappa shape index (κ3) is 2.75. The molecule has 0 saturated carbocycles. The van der Waals surface area contributed by atoms with Crippen LogP contribution in [0, 0.1) is 0 Å². The monoisotopic (exact) mass is 227 g/mol. The molecule has 3 heteroatoms. The first-order chi connectivity index (χ1) is 6.86. The third-order valence-corrected chi connectivity index (χ3v) is 5.00. The molecule has 2 heterocycles. The van der Waals surface area contributed by atoms with Crippen molar-refractivity contribution in [2.45, 2.75) is 31.1 Å². The Balaban J connectivity index is 1.68. The van der Waals surface area contributed by atoms with E-state index in [1.54, 1.807) is 0 Å². The number of rotatable bonds is 4. The largest absolute Gasteiger partial charge is 0.312 e. The number of thioether (sulfide) groups is 1. The molecule has 1 aromatic rings. The van der Waals surface area contributed by atoms with Crippen molar-refractivity contribution < 1.29 is 0 Å². The highest BCUT2D eigenvalue weighted by atomic mass is 32.2. The van der Waals surface area contributed by atoms with Gasteiger partial charge in [0, 0.05) is 22.7 Å². The van der Waals surface area contributed by atoms with Gasteiger partial charge in [0.2, 0.25) is 0 Å². The maximum Gasteiger partial charge on any atom is 0.0191 e. The first kappa shape index (κ1) is 10.5. The SMILES string of the molecule is CC1SCCC1NCCc1cccs1. The minimum absolute atomic E-state index is 0.750. The zero-order valence-corrected chi connectivity index (χ0v) is 10.2. The lowest BCUT2D eigenvalue weighted by atomic mass is 10.1. The minimum Gasteiger partial charge on any atom is -0.312 e. The van der Waals surface area contributed by atoms with Gasteiger partial charge in [-0.15, -0.1) is 11.3 Å². The molecule has 2 atom stereocenters. The highest BCUT2D eigenvalue weighted by Gasteiger charge is 2.22. The van der Waals surface area contributed by atoms with E-state index in [1.165, 1.54) is 23.5 Å². The maximum atomic E-state index is 3.66. The van der Waals surface area contributed by atoms with E-state index < -0.39 is 0 Å². The summed E-state index contributed by atoms with van der Waals surface area (Å²) in [5, 5.41) is 6.62. The second-order valence-electron chi connectivity index (χ2n) is 3.75. The van der Waals surface area contributed by atoms with E-state index in [-0.39, 0.29) is 0 Å². The Bertz CT molecular complexity index is 258. The lowest BCUT2D eigenvalue weighted by molar-refractivity contribution is 0.517. The van der Waals surface area contributed by atoms with Crippen molar-refractivity contribution in [2.75, 3.05) is 12.3 Å². The summed E-state index contributed by atoms with van der Waals surface area (Å²) in [6.07, 6.45) is 2.53. The summed E-state index contributed by atoms with van der Waals surface area (Å²) < 4.78 is 0.